The number of hydrogen-bond donors (Lipinski definition) is 0. The highest BCUT2D eigenvalue weighted by Crippen LogP contribution is 2.58. The number of hydrogen-bond acceptors (Lipinski definition) is 2. The number of fused-ring (bicyclic) bond motifs is 10. The van der Waals surface area contributed by atoms with E-state index < -0.39 is 5.41 Å². The Hall–Kier alpha value is -10.4. The minimum Gasteiger partial charge on any atom is -0.309 e. The Morgan fingerprint density at radius 1 is 0.330 bits per heavy atom. The monoisotopic (exact) mass is 1140 g/mol. The van der Waals surface area contributed by atoms with E-state index in [0.717, 1.165) is 24.9 Å². The number of thiophene rings is 1. The first-order valence-corrected chi connectivity index (χ1v) is 31.8. The predicted molar refractivity (Wildman–Crippen MR) is 372 cm³/mol. The zero-order valence-electron chi connectivity index (χ0n) is 48.7. The van der Waals surface area contributed by atoms with Gasteiger partial charge in [-0.25, -0.2) is 0 Å². The van der Waals surface area contributed by atoms with Crippen LogP contribution >= 0.6 is 11.3 Å². The Morgan fingerprint density at radius 3 is 1.67 bits per heavy atom. The lowest BCUT2D eigenvalue weighted by Crippen LogP contribution is -2.28. The fraction of sp³-hybridized carbons (Fsp3) is 0.0698. The zero-order valence-corrected chi connectivity index (χ0v) is 49.5. The summed E-state index contributed by atoms with van der Waals surface area (Å²) in [4.78, 5) is 2.57. The lowest BCUT2D eigenvalue weighted by molar-refractivity contribution is 0.680. The maximum atomic E-state index is 2.57. The third-order valence-corrected chi connectivity index (χ3v) is 20.4. The maximum absolute atomic E-state index is 2.57. The Labute approximate surface area is 518 Å². The summed E-state index contributed by atoms with van der Waals surface area (Å²) in [6.45, 7) is 0. The zero-order chi connectivity index (χ0) is 58.1. The second-order valence-corrected chi connectivity index (χ2v) is 25.3. The Morgan fingerprint density at radius 2 is 0.909 bits per heavy atom. The van der Waals surface area contributed by atoms with E-state index in [9.17, 15) is 0 Å². The van der Waals surface area contributed by atoms with Crippen molar-refractivity contribution in [3.05, 3.63) is 377 Å². The molecule has 88 heavy (non-hydrogen) atoms. The van der Waals surface area contributed by atoms with E-state index in [1.807, 2.05) is 11.3 Å². The van der Waals surface area contributed by atoms with E-state index in [2.05, 4.69) is 326 Å². The van der Waals surface area contributed by atoms with Gasteiger partial charge in [-0.15, -0.1) is 11.3 Å². The lowest BCUT2D eigenvalue weighted by Gasteiger charge is -2.35. The molecule has 0 N–H and O–H groups in total. The van der Waals surface area contributed by atoms with Crippen molar-refractivity contribution < 1.29 is 0 Å². The first-order chi connectivity index (χ1) is 43.6. The fourth-order valence-electron chi connectivity index (χ4n) is 15.2. The molecular formula is C86H61NS. The van der Waals surface area contributed by atoms with Gasteiger partial charge in [0.15, 0.2) is 0 Å². The van der Waals surface area contributed by atoms with Crippen molar-refractivity contribution in [2.24, 2.45) is 0 Å². The van der Waals surface area contributed by atoms with Crippen LogP contribution in [0.5, 0.6) is 0 Å². The molecular weight excluding hydrogens is 1080 g/mol. The van der Waals surface area contributed by atoms with Crippen LogP contribution in [0, 0.1) is 0 Å². The molecule has 0 radical (unpaired) electrons. The van der Waals surface area contributed by atoms with Crippen LogP contribution in [-0.4, -0.2) is 0 Å². The molecule has 1 aliphatic carbocycles. The molecule has 416 valence electrons. The highest BCUT2D eigenvalue weighted by atomic mass is 32.1. The van der Waals surface area contributed by atoms with Gasteiger partial charge in [0.2, 0.25) is 0 Å². The number of rotatable bonds is 13. The van der Waals surface area contributed by atoms with Crippen LogP contribution in [0.1, 0.15) is 67.5 Å². The van der Waals surface area contributed by atoms with Crippen molar-refractivity contribution in [3.8, 4) is 33.4 Å². The molecule has 2 aliphatic rings. The van der Waals surface area contributed by atoms with Crippen molar-refractivity contribution in [3.63, 3.8) is 0 Å². The summed E-state index contributed by atoms with van der Waals surface area (Å²) < 4.78 is 2.64. The van der Waals surface area contributed by atoms with Gasteiger partial charge in [-0.1, -0.05) is 273 Å². The predicted octanol–water partition coefficient (Wildman–Crippen LogP) is 22.8. The third kappa shape index (κ3) is 8.73. The van der Waals surface area contributed by atoms with Gasteiger partial charge in [-0.2, -0.15) is 0 Å². The molecule has 0 fully saturated rings. The second-order valence-electron chi connectivity index (χ2n) is 24.2. The molecule has 1 aromatic heterocycles. The van der Waals surface area contributed by atoms with Gasteiger partial charge >= 0.3 is 0 Å². The van der Waals surface area contributed by atoms with Gasteiger partial charge in [-0.05, 0) is 168 Å². The quantitative estimate of drug-likeness (QED) is 0.111. The fourth-order valence-corrected chi connectivity index (χ4v) is 16.3. The number of nitrogens with zero attached hydrogens (tertiary/aromatic N) is 1. The smallest absolute Gasteiger partial charge is 0.0713 e. The summed E-state index contributed by atoms with van der Waals surface area (Å²) in [7, 11) is 0. The van der Waals surface area contributed by atoms with E-state index in [4.69, 9.17) is 0 Å². The van der Waals surface area contributed by atoms with Crippen LogP contribution in [0.2, 0.25) is 0 Å². The Kier molecular flexibility index (Phi) is 12.7. The molecule has 0 bridgehead atoms. The number of benzene rings is 14. The lowest BCUT2D eigenvalue weighted by atomic mass is 9.67. The van der Waals surface area contributed by atoms with Crippen molar-refractivity contribution in [2.75, 3.05) is 4.90 Å². The molecule has 14 aromatic carbocycles. The van der Waals surface area contributed by atoms with E-state index >= 15 is 0 Å². The molecule has 2 atom stereocenters. The Balaban J connectivity index is 0.766. The van der Waals surface area contributed by atoms with Crippen molar-refractivity contribution in [2.45, 2.75) is 36.5 Å². The van der Waals surface area contributed by atoms with Gasteiger partial charge in [-0.3, -0.25) is 0 Å². The summed E-state index contributed by atoms with van der Waals surface area (Å²) in [5.74, 6) is 0.466. The molecule has 2 heterocycles. The number of anilines is 3. The second kappa shape index (κ2) is 21.5. The first kappa shape index (κ1) is 52.0. The van der Waals surface area contributed by atoms with Gasteiger partial charge in [0, 0.05) is 48.1 Å². The van der Waals surface area contributed by atoms with Gasteiger partial charge in [0.1, 0.15) is 0 Å². The summed E-state index contributed by atoms with van der Waals surface area (Å²) in [6.07, 6.45) is 2.81. The summed E-state index contributed by atoms with van der Waals surface area (Å²) in [6, 6.07) is 121. The van der Waals surface area contributed by atoms with Crippen LogP contribution in [0.3, 0.4) is 0 Å². The van der Waals surface area contributed by atoms with Crippen LogP contribution in [-0.2, 0) is 24.7 Å². The standard InChI is InChI=1S/C86H61NS/c1-6-21-57(22-7-1)49-66(60-23-8-2-9-24-60)50-59-39-47-82-77(52-59)78-54-63(42-48-83(78)88-82)67-53-65-28-20-35-74-75-46-40-62-27-16-17-33-71(62)85(75)87(81(56-67)84(65)74)70-43-37-58(38-44-70)51-76(61-25-10-3-11-26-61)64-41-45-73-72-34-18-19-36-79(72)86(80(73)55-64,68-29-12-4-13-30-68)69-31-14-5-15-32-69/h1-48,52-56,66,76H,49-51H2/t66-,76?/m0/s1. The van der Waals surface area contributed by atoms with Gasteiger partial charge < -0.3 is 4.90 Å². The average molecular weight is 1140 g/mol. The van der Waals surface area contributed by atoms with Crippen LogP contribution in [0.25, 0.3) is 75.1 Å². The summed E-state index contributed by atoms with van der Waals surface area (Å²) in [5.41, 5.74) is 23.9. The first-order valence-electron chi connectivity index (χ1n) is 31.0. The van der Waals surface area contributed by atoms with Crippen LogP contribution in [0.4, 0.5) is 17.1 Å². The van der Waals surface area contributed by atoms with Crippen molar-refractivity contribution in [1.29, 1.82) is 0 Å². The molecule has 0 amide bonds. The topological polar surface area (TPSA) is 3.24 Å². The molecule has 2 heteroatoms. The molecule has 17 rings (SSSR count). The molecule has 1 unspecified atom stereocenters. The van der Waals surface area contributed by atoms with Crippen LogP contribution in [0.15, 0.2) is 322 Å². The normalized spacial score (nSPS) is 13.6. The molecule has 1 aliphatic heterocycles. The summed E-state index contributed by atoms with van der Waals surface area (Å²) >= 11 is 1.90. The maximum Gasteiger partial charge on any atom is 0.0713 e. The van der Waals surface area contributed by atoms with E-state index in [-0.39, 0.29) is 5.92 Å². The largest absolute Gasteiger partial charge is 0.309 e. The van der Waals surface area contributed by atoms with E-state index in [1.165, 1.54) is 142 Å². The minimum absolute atomic E-state index is 0.100. The third-order valence-electron chi connectivity index (χ3n) is 19.3. The van der Waals surface area contributed by atoms with E-state index in [0.29, 0.717) is 5.92 Å². The summed E-state index contributed by atoms with van der Waals surface area (Å²) in [5, 5.41) is 7.63. The van der Waals surface area contributed by atoms with E-state index in [1.54, 1.807) is 0 Å². The molecule has 1 nitrogen and oxygen atoms in total. The van der Waals surface area contributed by atoms with Crippen LogP contribution < -0.4 is 4.90 Å². The Bertz CT molecular complexity index is 5070. The minimum atomic E-state index is -0.477. The molecule has 15 aromatic rings. The molecule has 0 saturated carbocycles. The van der Waals surface area contributed by atoms with Crippen molar-refractivity contribution in [1.82, 2.24) is 0 Å². The van der Waals surface area contributed by atoms with Gasteiger partial charge in [0.05, 0.1) is 16.8 Å². The average Bonchev–Trinajstić information content (AvgIpc) is 1.43. The highest BCUT2D eigenvalue weighted by Gasteiger charge is 2.46. The van der Waals surface area contributed by atoms with Crippen molar-refractivity contribution >= 4 is 70.1 Å². The SMILES string of the molecule is c1ccc(C[C@@H](Cc2ccc3sc4ccc(-c5cc6c7c(cccc7c5)-c5ccc7ccccc7c5N6c5ccc(CC(c6ccccc6)c6ccc7c(c6)C(c6ccccc6)(c6ccccc6)c6ccccc6-7)cc5)cc4c3c2)c2ccccc2)cc1. The molecule has 0 saturated heterocycles. The molecule has 0 spiro atoms. The highest BCUT2D eigenvalue weighted by molar-refractivity contribution is 7.25. The van der Waals surface area contributed by atoms with Gasteiger partial charge in [0.25, 0.3) is 0 Å².